The summed E-state index contributed by atoms with van der Waals surface area (Å²) in [5.41, 5.74) is -0.484. The molecule has 0 fully saturated rings. The second-order valence-electron chi connectivity index (χ2n) is 4.45. The van der Waals surface area contributed by atoms with Crippen molar-refractivity contribution in [2.24, 2.45) is 4.99 Å². The highest BCUT2D eigenvalue weighted by Crippen LogP contribution is 2.34. The van der Waals surface area contributed by atoms with Crippen molar-refractivity contribution in [3.63, 3.8) is 0 Å². The van der Waals surface area contributed by atoms with Gasteiger partial charge in [-0.3, -0.25) is 4.99 Å². The standard InChI is InChI=1S/C13H14ClF3N2S/c1-2-9-5-6-20-12(18-9)19-11-7-8(13(15,16)17)3-4-10(11)14/h3-4,7,9H,2,5-6H2,1H3,(H,18,19). The molecule has 0 bridgehead atoms. The summed E-state index contributed by atoms with van der Waals surface area (Å²) in [6.45, 7) is 2.04. The summed E-state index contributed by atoms with van der Waals surface area (Å²) in [5.74, 6) is 0.904. The third-order valence-corrected chi connectivity index (χ3v) is 4.25. The van der Waals surface area contributed by atoms with E-state index >= 15 is 0 Å². The lowest BCUT2D eigenvalue weighted by Crippen LogP contribution is -2.20. The number of aliphatic imine (C=N–C) groups is 1. The minimum Gasteiger partial charge on any atom is -0.334 e. The van der Waals surface area contributed by atoms with Gasteiger partial charge in [0.15, 0.2) is 5.17 Å². The highest BCUT2D eigenvalue weighted by Gasteiger charge is 2.31. The number of thioether (sulfide) groups is 1. The summed E-state index contributed by atoms with van der Waals surface area (Å²) in [4.78, 5) is 4.46. The summed E-state index contributed by atoms with van der Waals surface area (Å²) in [6, 6.07) is 3.46. The topological polar surface area (TPSA) is 24.4 Å². The molecule has 2 rings (SSSR count). The molecular formula is C13H14ClF3N2S. The lowest BCUT2D eigenvalue weighted by Gasteiger charge is -2.20. The van der Waals surface area contributed by atoms with Crippen LogP contribution in [0.4, 0.5) is 18.9 Å². The Hall–Kier alpha value is -0.880. The zero-order chi connectivity index (χ0) is 14.8. The molecule has 0 aromatic heterocycles. The fourth-order valence-corrected chi connectivity index (χ4v) is 2.99. The van der Waals surface area contributed by atoms with Gasteiger partial charge in [0.2, 0.25) is 0 Å². The Morgan fingerprint density at radius 1 is 1.45 bits per heavy atom. The van der Waals surface area contributed by atoms with Gasteiger partial charge in [0.1, 0.15) is 0 Å². The predicted octanol–water partition coefficient (Wildman–Crippen LogP) is 5.04. The third kappa shape index (κ3) is 3.82. The normalized spacial score (nSPS) is 19.6. The van der Waals surface area contributed by atoms with Gasteiger partial charge < -0.3 is 5.32 Å². The maximum absolute atomic E-state index is 12.7. The van der Waals surface area contributed by atoms with Crippen LogP contribution in [0.1, 0.15) is 25.3 Å². The number of halogens is 4. The lowest BCUT2D eigenvalue weighted by atomic mass is 10.2. The van der Waals surface area contributed by atoms with E-state index in [1.165, 1.54) is 17.8 Å². The van der Waals surface area contributed by atoms with Crippen LogP contribution < -0.4 is 5.32 Å². The molecule has 20 heavy (non-hydrogen) atoms. The fourth-order valence-electron chi connectivity index (χ4n) is 1.84. The van der Waals surface area contributed by atoms with E-state index in [1.807, 2.05) is 6.92 Å². The molecule has 1 heterocycles. The van der Waals surface area contributed by atoms with Gasteiger partial charge in [0.25, 0.3) is 0 Å². The van der Waals surface area contributed by atoms with E-state index in [2.05, 4.69) is 10.3 Å². The molecule has 0 amide bonds. The number of hydrogen-bond acceptors (Lipinski definition) is 3. The molecule has 1 N–H and O–H groups in total. The molecule has 1 aliphatic rings. The fraction of sp³-hybridized carbons (Fsp3) is 0.462. The minimum absolute atomic E-state index is 0.225. The quantitative estimate of drug-likeness (QED) is 0.824. The van der Waals surface area contributed by atoms with Crippen molar-refractivity contribution in [1.29, 1.82) is 0 Å². The molecule has 0 spiro atoms. The Labute approximate surface area is 124 Å². The molecule has 0 saturated heterocycles. The van der Waals surface area contributed by atoms with Gasteiger partial charge >= 0.3 is 6.18 Å². The Morgan fingerprint density at radius 3 is 2.85 bits per heavy atom. The van der Waals surface area contributed by atoms with E-state index in [1.54, 1.807) is 0 Å². The first-order chi connectivity index (χ1) is 9.40. The first-order valence-corrected chi connectivity index (χ1v) is 7.61. The SMILES string of the molecule is CCC1CCSC(Nc2cc(C(F)(F)F)ccc2Cl)=N1. The van der Waals surface area contributed by atoms with Gasteiger partial charge in [-0.25, -0.2) is 0 Å². The van der Waals surface area contributed by atoms with Crippen LogP contribution in [-0.4, -0.2) is 17.0 Å². The first kappa shape index (κ1) is 15.5. The van der Waals surface area contributed by atoms with Crippen molar-refractivity contribution in [3.8, 4) is 0 Å². The number of anilines is 1. The van der Waals surface area contributed by atoms with E-state index in [4.69, 9.17) is 11.6 Å². The highest BCUT2D eigenvalue weighted by atomic mass is 35.5. The minimum atomic E-state index is -4.38. The highest BCUT2D eigenvalue weighted by molar-refractivity contribution is 8.14. The molecule has 1 aromatic carbocycles. The van der Waals surface area contributed by atoms with E-state index in [0.29, 0.717) is 5.17 Å². The summed E-state index contributed by atoms with van der Waals surface area (Å²) in [5, 5.41) is 3.79. The lowest BCUT2D eigenvalue weighted by molar-refractivity contribution is -0.137. The molecule has 0 radical (unpaired) electrons. The molecular weight excluding hydrogens is 309 g/mol. The molecule has 110 valence electrons. The number of amidine groups is 1. The van der Waals surface area contributed by atoms with Crippen LogP contribution in [0, 0.1) is 0 Å². The Bertz CT molecular complexity index is 517. The number of benzene rings is 1. The van der Waals surface area contributed by atoms with Gasteiger partial charge in [-0.1, -0.05) is 30.3 Å². The van der Waals surface area contributed by atoms with Gasteiger partial charge in [0, 0.05) is 5.75 Å². The number of rotatable bonds is 2. The average molecular weight is 323 g/mol. The van der Waals surface area contributed by atoms with E-state index in [0.717, 1.165) is 30.7 Å². The maximum Gasteiger partial charge on any atom is 0.416 e. The maximum atomic E-state index is 12.7. The molecule has 1 aromatic rings. The molecule has 2 nitrogen and oxygen atoms in total. The van der Waals surface area contributed by atoms with E-state index in [-0.39, 0.29) is 16.8 Å². The van der Waals surface area contributed by atoms with Crippen LogP contribution in [0.5, 0.6) is 0 Å². The summed E-state index contributed by atoms with van der Waals surface area (Å²) < 4.78 is 38.1. The number of nitrogens with zero attached hydrogens (tertiary/aromatic N) is 1. The summed E-state index contributed by atoms with van der Waals surface area (Å²) in [6.07, 6.45) is -2.47. The van der Waals surface area contributed by atoms with Gasteiger partial charge in [0.05, 0.1) is 22.3 Å². The zero-order valence-corrected chi connectivity index (χ0v) is 12.4. The first-order valence-electron chi connectivity index (χ1n) is 6.24. The molecule has 1 aliphatic heterocycles. The molecule has 1 unspecified atom stereocenters. The number of hydrogen-bond donors (Lipinski definition) is 1. The average Bonchev–Trinajstić information content (AvgIpc) is 2.40. The van der Waals surface area contributed by atoms with Crippen molar-refractivity contribution in [3.05, 3.63) is 28.8 Å². The van der Waals surface area contributed by atoms with Gasteiger partial charge in [-0.15, -0.1) is 0 Å². The largest absolute Gasteiger partial charge is 0.416 e. The third-order valence-electron chi connectivity index (χ3n) is 3.00. The van der Waals surface area contributed by atoms with Crippen LogP contribution in [0.2, 0.25) is 5.02 Å². The van der Waals surface area contributed by atoms with Crippen LogP contribution in [0.15, 0.2) is 23.2 Å². The van der Waals surface area contributed by atoms with Crippen LogP contribution >= 0.6 is 23.4 Å². The molecule has 0 saturated carbocycles. The van der Waals surface area contributed by atoms with Crippen LogP contribution in [0.25, 0.3) is 0 Å². The Morgan fingerprint density at radius 2 is 2.20 bits per heavy atom. The number of alkyl halides is 3. The molecule has 1 atom stereocenters. The smallest absolute Gasteiger partial charge is 0.334 e. The molecule has 0 aliphatic carbocycles. The molecule has 7 heteroatoms. The second-order valence-corrected chi connectivity index (χ2v) is 5.94. The van der Waals surface area contributed by atoms with E-state index < -0.39 is 11.7 Å². The van der Waals surface area contributed by atoms with Crippen molar-refractivity contribution >= 4 is 34.2 Å². The van der Waals surface area contributed by atoms with Crippen molar-refractivity contribution < 1.29 is 13.2 Å². The Kier molecular flexibility index (Phi) is 4.86. The Balaban J connectivity index is 2.22. The predicted molar refractivity (Wildman–Crippen MR) is 78.7 cm³/mol. The van der Waals surface area contributed by atoms with Crippen molar-refractivity contribution in [1.82, 2.24) is 0 Å². The monoisotopic (exact) mass is 322 g/mol. The summed E-state index contributed by atoms with van der Waals surface area (Å²) in [7, 11) is 0. The van der Waals surface area contributed by atoms with Gasteiger partial charge in [-0.05, 0) is 31.0 Å². The van der Waals surface area contributed by atoms with Crippen LogP contribution in [-0.2, 0) is 6.18 Å². The van der Waals surface area contributed by atoms with E-state index in [9.17, 15) is 13.2 Å². The zero-order valence-electron chi connectivity index (χ0n) is 10.8. The van der Waals surface area contributed by atoms with Gasteiger partial charge in [-0.2, -0.15) is 13.2 Å². The van der Waals surface area contributed by atoms with Crippen molar-refractivity contribution in [2.45, 2.75) is 32.0 Å². The van der Waals surface area contributed by atoms with Crippen LogP contribution in [0.3, 0.4) is 0 Å². The second kappa shape index (κ2) is 6.26. The number of nitrogens with one attached hydrogen (secondary N) is 1. The van der Waals surface area contributed by atoms with Crippen molar-refractivity contribution in [2.75, 3.05) is 11.1 Å². The summed E-state index contributed by atoms with van der Waals surface area (Å²) >= 11 is 7.44.